The summed E-state index contributed by atoms with van der Waals surface area (Å²) in [5, 5.41) is 0.976. The molecule has 106 valence electrons. The number of nitrogens with two attached hydrogens (primary N) is 1. The van der Waals surface area contributed by atoms with Crippen LogP contribution in [0.15, 0.2) is 18.2 Å². The van der Waals surface area contributed by atoms with E-state index in [9.17, 15) is 0 Å². The van der Waals surface area contributed by atoms with E-state index >= 15 is 0 Å². The molecule has 0 saturated carbocycles. The lowest BCUT2D eigenvalue weighted by atomic mass is 10.0. The maximum Gasteiger partial charge on any atom is 0.123 e. The first-order valence-electron chi connectivity index (χ1n) is 6.38. The number of methoxy groups -OCH3 is 2. The lowest BCUT2D eigenvalue weighted by Gasteiger charge is -2.33. The number of benzene rings is 1. The van der Waals surface area contributed by atoms with Crippen LogP contribution in [0.5, 0.6) is 11.5 Å². The first kappa shape index (κ1) is 14.9. The van der Waals surface area contributed by atoms with Crippen LogP contribution in [0.2, 0.25) is 0 Å². The lowest BCUT2D eigenvalue weighted by molar-refractivity contribution is 0.394. The number of ether oxygens (including phenoxy) is 2. The fraction of sp³-hybridized carbons (Fsp3) is 0.571. The Labute approximate surface area is 123 Å². The zero-order chi connectivity index (χ0) is 13.8. The quantitative estimate of drug-likeness (QED) is 0.926. The second kappa shape index (κ2) is 6.77. The van der Waals surface area contributed by atoms with Gasteiger partial charge in [0, 0.05) is 33.6 Å². The normalized spacial score (nSPS) is 24.8. The molecule has 1 aliphatic heterocycles. The van der Waals surface area contributed by atoms with Crippen molar-refractivity contribution in [2.75, 3.05) is 25.7 Å². The van der Waals surface area contributed by atoms with Crippen molar-refractivity contribution in [2.24, 2.45) is 5.73 Å². The molecule has 1 aromatic carbocycles. The van der Waals surface area contributed by atoms with Crippen LogP contribution in [-0.4, -0.2) is 36.2 Å². The molecule has 1 aromatic rings. The van der Waals surface area contributed by atoms with Crippen LogP contribution in [0.4, 0.5) is 0 Å². The molecule has 2 N–H and O–H groups in total. The average Bonchev–Trinajstić information content (AvgIpc) is 2.46. The van der Waals surface area contributed by atoms with E-state index < -0.39 is 0 Å². The summed E-state index contributed by atoms with van der Waals surface area (Å²) < 4.78 is 10.7. The summed E-state index contributed by atoms with van der Waals surface area (Å²) in [6.07, 6.45) is 0. The minimum atomic E-state index is -0.0298. The predicted molar refractivity (Wildman–Crippen MR) is 84.6 cm³/mol. The van der Waals surface area contributed by atoms with Gasteiger partial charge in [-0.25, -0.2) is 0 Å². The maximum atomic E-state index is 6.49. The molecular weight excluding hydrogens is 278 g/mol. The van der Waals surface area contributed by atoms with Gasteiger partial charge in [-0.15, -0.1) is 0 Å². The summed E-state index contributed by atoms with van der Waals surface area (Å²) in [6.45, 7) is 2.26. The molecule has 1 aliphatic rings. The van der Waals surface area contributed by atoms with Crippen molar-refractivity contribution in [3.8, 4) is 11.5 Å². The first-order chi connectivity index (χ1) is 9.17. The van der Waals surface area contributed by atoms with Gasteiger partial charge in [0.25, 0.3) is 0 Å². The Bertz CT molecular complexity index is 428. The third-order valence-corrected chi connectivity index (χ3v) is 6.60. The number of thioether (sulfide) groups is 2. The predicted octanol–water partition coefficient (Wildman–Crippen LogP) is 2.94. The molecule has 19 heavy (non-hydrogen) atoms. The van der Waals surface area contributed by atoms with Crippen LogP contribution in [0.25, 0.3) is 0 Å². The molecule has 0 aliphatic carbocycles. The molecule has 5 heteroatoms. The second-order valence-electron chi connectivity index (χ2n) is 4.54. The topological polar surface area (TPSA) is 44.5 Å². The Morgan fingerprint density at radius 1 is 1.21 bits per heavy atom. The Hall–Kier alpha value is -0.520. The van der Waals surface area contributed by atoms with Crippen molar-refractivity contribution < 1.29 is 9.47 Å². The van der Waals surface area contributed by atoms with E-state index in [0.29, 0.717) is 10.5 Å². The van der Waals surface area contributed by atoms with Crippen molar-refractivity contribution in [1.82, 2.24) is 0 Å². The van der Waals surface area contributed by atoms with Gasteiger partial charge in [-0.05, 0) is 18.2 Å². The number of rotatable bonds is 4. The largest absolute Gasteiger partial charge is 0.497 e. The molecule has 0 amide bonds. The summed E-state index contributed by atoms with van der Waals surface area (Å²) in [4.78, 5) is 0. The first-order valence-corrected chi connectivity index (χ1v) is 8.48. The third-order valence-electron chi connectivity index (χ3n) is 3.39. The molecule has 1 heterocycles. The summed E-state index contributed by atoms with van der Waals surface area (Å²) in [7, 11) is 3.36. The van der Waals surface area contributed by atoms with Crippen LogP contribution in [0, 0.1) is 0 Å². The monoisotopic (exact) mass is 299 g/mol. The molecule has 2 rings (SSSR count). The van der Waals surface area contributed by atoms with Gasteiger partial charge in [-0.1, -0.05) is 6.92 Å². The summed E-state index contributed by atoms with van der Waals surface area (Å²) >= 11 is 3.96. The van der Waals surface area contributed by atoms with Gasteiger partial charge in [-0.2, -0.15) is 23.5 Å². The standard InChI is InChI=1S/C14H21NO2S2/c1-9-14(19-7-6-18-9)13(15)11-8-10(16-2)4-5-12(11)17-3/h4-5,8-9,13-14H,6-7,15H2,1-3H3. The number of hydrogen-bond donors (Lipinski definition) is 1. The average molecular weight is 299 g/mol. The fourth-order valence-corrected chi connectivity index (χ4v) is 5.19. The van der Waals surface area contributed by atoms with Gasteiger partial charge in [-0.3, -0.25) is 0 Å². The van der Waals surface area contributed by atoms with Crippen molar-refractivity contribution in [2.45, 2.75) is 23.5 Å². The maximum absolute atomic E-state index is 6.49. The minimum Gasteiger partial charge on any atom is -0.497 e. The molecule has 0 spiro atoms. The highest BCUT2D eigenvalue weighted by Crippen LogP contribution is 2.40. The van der Waals surface area contributed by atoms with E-state index in [1.807, 2.05) is 41.7 Å². The van der Waals surface area contributed by atoms with E-state index in [-0.39, 0.29) is 6.04 Å². The zero-order valence-corrected chi connectivity index (χ0v) is 13.2. The van der Waals surface area contributed by atoms with E-state index in [4.69, 9.17) is 15.2 Å². The van der Waals surface area contributed by atoms with Crippen LogP contribution in [0.1, 0.15) is 18.5 Å². The van der Waals surface area contributed by atoms with E-state index in [1.165, 1.54) is 11.5 Å². The molecule has 3 atom stereocenters. The van der Waals surface area contributed by atoms with Gasteiger partial charge in [0.05, 0.1) is 14.2 Å². The summed E-state index contributed by atoms with van der Waals surface area (Å²) in [6, 6.07) is 5.80. The SMILES string of the molecule is COc1ccc(OC)c(C(N)C2SCCSC2C)c1. The van der Waals surface area contributed by atoms with Gasteiger partial charge in [0.1, 0.15) is 11.5 Å². The Morgan fingerprint density at radius 2 is 1.95 bits per heavy atom. The highest BCUT2D eigenvalue weighted by atomic mass is 32.2. The molecule has 0 aromatic heterocycles. The van der Waals surface area contributed by atoms with Crippen molar-refractivity contribution in [3.05, 3.63) is 23.8 Å². The Balaban J connectivity index is 2.27. The van der Waals surface area contributed by atoms with Gasteiger partial charge in [0.15, 0.2) is 0 Å². The highest BCUT2D eigenvalue weighted by Gasteiger charge is 2.30. The third kappa shape index (κ3) is 3.33. The van der Waals surface area contributed by atoms with Gasteiger partial charge >= 0.3 is 0 Å². The number of hydrogen-bond acceptors (Lipinski definition) is 5. The van der Waals surface area contributed by atoms with Crippen molar-refractivity contribution >= 4 is 23.5 Å². The van der Waals surface area contributed by atoms with E-state index in [0.717, 1.165) is 17.1 Å². The zero-order valence-electron chi connectivity index (χ0n) is 11.6. The van der Waals surface area contributed by atoms with Crippen LogP contribution >= 0.6 is 23.5 Å². The molecule has 1 saturated heterocycles. The molecule has 1 fully saturated rings. The molecule has 0 radical (unpaired) electrons. The fourth-order valence-electron chi connectivity index (χ4n) is 2.32. The Morgan fingerprint density at radius 3 is 2.58 bits per heavy atom. The smallest absolute Gasteiger partial charge is 0.123 e. The van der Waals surface area contributed by atoms with Crippen molar-refractivity contribution in [3.63, 3.8) is 0 Å². The van der Waals surface area contributed by atoms with Crippen molar-refractivity contribution in [1.29, 1.82) is 0 Å². The second-order valence-corrected chi connectivity index (χ2v) is 7.32. The van der Waals surface area contributed by atoms with Gasteiger partial charge < -0.3 is 15.2 Å². The summed E-state index contributed by atoms with van der Waals surface area (Å²) in [5.41, 5.74) is 7.53. The summed E-state index contributed by atoms with van der Waals surface area (Å²) in [5.74, 6) is 4.05. The molecular formula is C14H21NO2S2. The Kier molecular flexibility index (Phi) is 5.30. The molecule has 0 bridgehead atoms. The molecule has 3 nitrogen and oxygen atoms in total. The minimum absolute atomic E-state index is 0.0298. The van der Waals surface area contributed by atoms with Gasteiger partial charge in [0.2, 0.25) is 0 Å². The van der Waals surface area contributed by atoms with Crippen LogP contribution < -0.4 is 15.2 Å². The van der Waals surface area contributed by atoms with E-state index in [2.05, 4.69) is 6.92 Å². The highest BCUT2D eigenvalue weighted by molar-refractivity contribution is 8.07. The van der Waals surface area contributed by atoms with Crippen LogP contribution in [-0.2, 0) is 0 Å². The van der Waals surface area contributed by atoms with Crippen LogP contribution in [0.3, 0.4) is 0 Å². The lowest BCUT2D eigenvalue weighted by Crippen LogP contribution is -2.34. The molecule has 3 unspecified atom stereocenters. The van der Waals surface area contributed by atoms with E-state index in [1.54, 1.807) is 14.2 Å².